The summed E-state index contributed by atoms with van der Waals surface area (Å²) in [7, 11) is 5.79. The molecule has 0 spiro atoms. The fourth-order valence-corrected chi connectivity index (χ4v) is 4.67. The van der Waals surface area contributed by atoms with Gasteiger partial charge in [0.05, 0.1) is 17.8 Å². The van der Waals surface area contributed by atoms with E-state index in [1.807, 2.05) is 12.1 Å². The first kappa shape index (κ1) is 20.3. The minimum Gasteiger partial charge on any atom is -0.495 e. The standard InChI is InChI=1S/C21H26ClN5OS/c1-15-11-20(28-4)18(22)13-17(15)19-14-26-6-5-16(12-21(26)23-19)25-7-9-27(10-8-25)29-24(2)3/h5-6,11-14H,7-10H2,1-4H3. The third-order valence-electron chi connectivity index (χ3n) is 5.10. The highest BCUT2D eigenvalue weighted by Gasteiger charge is 2.19. The summed E-state index contributed by atoms with van der Waals surface area (Å²) >= 11 is 8.13. The van der Waals surface area contributed by atoms with E-state index in [9.17, 15) is 0 Å². The Morgan fingerprint density at radius 2 is 1.90 bits per heavy atom. The predicted octanol–water partition coefficient (Wildman–Crippen LogP) is 4.22. The molecule has 2 aromatic heterocycles. The van der Waals surface area contributed by atoms with Crippen LogP contribution in [0.2, 0.25) is 5.02 Å². The van der Waals surface area contributed by atoms with Gasteiger partial charge in [-0.25, -0.2) is 13.6 Å². The first-order chi connectivity index (χ1) is 13.9. The molecule has 0 radical (unpaired) electrons. The number of aromatic nitrogens is 2. The molecule has 1 fully saturated rings. The molecule has 0 amide bonds. The lowest BCUT2D eigenvalue weighted by atomic mass is 10.1. The Morgan fingerprint density at radius 1 is 1.14 bits per heavy atom. The highest BCUT2D eigenvalue weighted by Crippen LogP contribution is 2.33. The number of halogens is 1. The van der Waals surface area contributed by atoms with E-state index < -0.39 is 0 Å². The number of hydrogen-bond donors (Lipinski definition) is 0. The first-order valence-corrected chi connectivity index (χ1v) is 10.7. The van der Waals surface area contributed by atoms with Crippen LogP contribution in [0.25, 0.3) is 16.9 Å². The molecule has 4 rings (SSSR count). The van der Waals surface area contributed by atoms with Crippen molar-refractivity contribution in [3.05, 3.63) is 47.2 Å². The van der Waals surface area contributed by atoms with Crippen molar-refractivity contribution >= 4 is 35.1 Å². The molecule has 0 atom stereocenters. The van der Waals surface area contributed by atoms with Crippen molar-refractivity contribution in [2.24, 2.45) is 0 Å². The smallest absolute Gasteiger partial charge is 0.139 e. The number of pyridine rings is 1. The summed E-state index contributed by atoms with van der Waals surface area (Å²) in [5.41, 5.74) is 5.18. The lowest BCUT2D eigenvalue weighted by Gasteiger charge is -2.36. The molecule has 3 heterocycles. The molecule has 0 saturated carbocycles. The molecular weight excluding hydrogens is 406 g/mol. The van der Waals surface area contributed by atoms with Crippen LogP contribution < -0.4 is 9.64 Å². The average molecular weight is 432 g/mol. The zero-order valence-corrected chi connectivity index (χ0v) is 18.8. The van der Waals surface area contributed by atoms with Gasteiger partial charge in [0.1, 0.15) is 11.4 Å². The van der Waals surface area contributed by atoms with Crippen molar-refractivity contribution in [2.75, 3.05) is 52.3 Å². The van der Waals surface area contributed by atoms with Gasteiger partial charge >= 0.3 is 0 Å². The molecule has 8 heteroatoms. The number of fused-ring (bicyclic) bond motifs is 1. The Hall–Kier alpha value is -1.93. The summed E-state index contributed by atoms with van der Waals surface area (Å²) in [6.45, 7) is 6.15. The molecule has 6 nitrogen and oxygen atoms in total. The topological polar surface area (TPSA) is 36.3 Å². The Balaban J connectivity index is 1.57. The van der Waals surface area contributed by atoms with E-state index in [4.69, 9.17) is 21.3 Å². The van der Waals surface area contributed by atoms with Crippen molar-refractivity contribution in [1.29, 1.82) is 0 Å². The molecule has 29 heavy (non-hydrogen) atoms. The zero-order chi connectivity index (χ0) is 20.5. The molecule has 1 saturated heterocycles. The molecule has 3 aromatic rings. The van der Waals surface area contributed by atoms with Crippen LogP contribution in [0.5, 0.6) is 5.75 Å². The maximum absolute atomic E-state index is 6.35. The summed E-state index contributed by atoms with van der Waals surface area (Å²) < 4.78 is 11.9. The van der Waals surface area contributed by atoms with Crippen molar-refractivity contribution in [1.82, 2.24) is 18.0 Å². The molecule has 0 N–H and O–H groups in total. The summed E-state index contributed by atoms with van der Waals surface area (Å²) in [5.74, 6) is 0.686. The molecule has 1 aliphatic heterocycles. The monoisotopic (exact) mass is 431 g/mol. The number of methoxy groups -OCH3 is 1. The molecule has 0 unspecified atom stereocenters. The summed E-state index contributed by atoms with van der Waals surface area (Å²) in [6, 6.07) is 8.22. The molecular formula is C21H26ClN5OS. The van der Waals surface area contributed by atoms with Gasteiger partial charge in [-0.1, -0.05) is 11.6 Å². The summed E-state index contributed by atoms with van der Waals surface area (Å²) in [6.07, 6.45) is 4.14. The van der Waals surface area contributed by atoms with E-state index in [0.29, 0.717) is 10.8 Å². The second kappa shape index (κ2) is 8.44. The minimum atomic E-state index is 0.597. The number of piperazine rings is 1. The largest absolute Gasteiger partial charge is 0.495 e. The van der Waals surface area contributed by atoms with E-state index in [-0.39, 0.29) is 0 Å². The Labute approximate surface area is 181 Å². The maximum atomic E-state index is 6.35. The van der Waals surface area contributed by atoms with Crippen LogP contribution in [0.15, 0.2) is 36.7 Å². The van der Waals surface area contributed by atoms with Crippen molar-refractivity contribution < 1.29 is 4.74 Å². The van der Waals surface area contributed by atoms with Crippen LogP contribution in [-0.4, -0.2) is 65.4 Å². The number of anilines is 1. The molecule has 0 aliphatic carbocycles. The molecule has 0 bridgehead atoms. The van der Waals surface area contributed by atoms with Gasteiger partial charge in [-0.2, -0.15) is 0 Å². The highest BCUT2D eigenvalue weighted by molar-refractivity contribution is 7.94. The van der Waals surface area contributed by atoms with Gasteiger partial charge in [-0.05, 0) is 44.8 Å². The van der Waals surface area contributed by atoms with Crippen molar-refractivity contribution in [2.45, 2.75) is 6.92 Å². The number of nitrogens with zero attached hydrogens (tertiary/aromatic N) is 5. The molecule has 1 aliphatic rings. The van der Waals surface area contributed by atoms with E-state index >= 15 is 0 Å². The fraction of sp³-hybridized carbons (Fsp3) is 0.381. The average Bonchev–Trinajstić information content (AvgIpc) is 3.12. The van der Waals surface area contributed by atoms with Gasteiger partial charge in [-0.15, -0.1) is 0 Å². The van der Waals surface area contributed by atoms with E-state index in [1.54, 1.807) is 19.2 Å². The van der Waals surface area contributed by atoms with Crippen LogP contribution in [0.4, 0.5) is 5.69 Å². The quantitative estimate of drug-likeness (QED) is 0.563. The number of hydrogen-bond acceptors (Lipinski definition) is 6. The van der Waals surface area contributed by atoms with Crippen LogP contribution in [0.3, 0.4) is 0 Å². The van der Waals surface area contributed by atoms with Gasteiger partial charge in [0, 0.05) is 68.0 Å². The van der Waals surface area contributed by atoms with Gasteiger partial charge in [0.25, 0.3) is 0 Å². The second-order valence-electron chi connectivity index (χ2n) is 7.39. The van der Waals surface area contributed by atoms with Crippen LogP contribution in [0, 0.1) is 6.92 Å². The Morgan fingerprint density at radius 3 is 2.59 bits per heavy atom. The summed E-state index contributed by atoms with van der Waals surface area (Å²) in [4.78, 5) is 7.29. The zero-order valence-electron chi connectivity index (χ0n) is 17.2. The second-order valence-corrected chi connectivity index (χ2v) is 9.21. The number of imidazole rings is 1. The maximum Gasteiger partial charge on any atom is 0.139 e. The van der Waals surface area contributed by atoms with Gasteiger partial charge in [0.15, 0.2) is 0 Å². The predicted molar refractivity (Wildman–Crippen MR) is 122 cm³/mol. The fourth-order valence-electron chi connectivity index (χ4n) is 3.64. The van der Waals surface area contributed by atoms with Gasteiger partial charge in [-0.3, -0.25) is 0 Å². The first-order valence-electron chi connectivity index (χ1n) is 9.63. The van der Waals surface area contributed by atoms with Gasteiger partial charge in [0.2, 0.25) is 0 Å². The van der Waals surface area contributed by atoms with E-state index in [2.05, 4.69) is 63.5 Å². The van der Waals surface area contributed by atoms with Crippen LogP contribution >= 0.6 is 23.7 Å². The van der Waals surface area contributed by atoms with Crippen LogP contribution in [0.1, 0.15) is 5.56 Å². The molecule has 154 valence electrons. The lowest BCUT2D eigenvalue weighted by Crippen LogP contribution is -2.44. The van der Waals surface area contributed by atoms with Crippen molar-refractivity contribution in [3.63, 3.8) is 0 Å². The third kappa shape index (κ3) is 4.33. The minimum absolute atomic E-state index is 0.597. The third-order valence-corrected chi connectivity index (χ3v) is 6.32. The highest BCUT2D eigenvalue weighted by atomic mass is 35.5. The number of benzene rings is 1. The van der Waals surface area contributed by atoms with E-state index in [1.165, 1.54) is 5.69 Å². The Kier molecular flexibility index (Phi) is 5.92. The number of ether oxygens (including phenoxy) is 1. The SMILES string of the molecule is COc1cc(C)c(-c2cn3ccc(N4CCN(SN(C)C)CC4)cc3n2)cc1Cl. The lowest BCUT2D eigenvalue weighted by molar-refractivity contribution is 0.415. The number of aryl methyl sites for hydroxylation is 1. The van der Waals surface area contributed by atoms with Crippen molar-refractivity contribution in [3.8, 4) is 17.0 Å². The van der Waals surface area contributed by atoms with Gasteiger partial charge < -0.3 is 14.0 Å². The summed E-state index contributed by atoms with van der Waals surface area (Å²) in [5, 5.41) is 0.597. The molecule has 1 aromatic carbocycles. The van der Waals surface area contributed by atoms with Crippen LogP contribution in [-0.2, 0) is 0 Å². The van der Waals surface area contributed by atoms with E-state index in [0.717, 1.165) is 48.6 Å². The normalized spacial score (nSPS) is 15.4. The number of rotatable bonds is 5. The Bertz CT molecular complexity index is 1010.